The fourth-order valence-corrected chi connectivity index (χ4v) is 3.61. The minimum absolute atomic E-state index is 0.339. The normalized spacial score (nSPS) is 21.5. The van der Waals surface area contributed by atoms with Gasteiger partial charge < -0.3 is 4.74 Å². The Balaban J connectivity index is 1.67. The first-order valence-corrected chi connectivity index (χ1v) is 10.0. The van der Waals surface area contributed by atoms with E-state index in [1.165, 1.54) is 81.8 Å². The van der Waals surface area contributed by atoms with E-state index in [-0.39, 0.29) is 0 Å². The Bertz CT molecular complexity index is 400. The molecule has 1 fully saturated rings. The average molecular weight is 317 g/mol. The second-order valence-electron chi connectivity index (χ2n) is 7.31. The molecule has 0 aromatic heterocycles. The number of ether oxygens (including phenoxy) is 1. The maximum atomic E-state index is 6.18. The molecule has 0 bridgehead atoms. The van der Waals surface area contributed by atoms with Crippen LogP contribution in [0.2, 0.25) is 0 Å². The molecule has 130 valence electrons. The van der Waals surface area contributed by atoms with Crippen LogP contribution in [-0.2, 0) is 11.2 Å². The molecule has 1 heteroatoms. The molecule has 0 saturated carbocycles. The zero-order valence-electron chi connectivity index (χ0n) is 15.4. The third kappa shape index (κ3) is 6.67. The first-order chi connectivity index (χ1) is 11.3. The Hall–Kier alpha value is -0.820. The third-order valence-corrected chi connectivity index (χ3v) is 5.26. The van der Waals surface area contributed by atoms with Crippen LogP contribution in [0, 0.1) is 5.92 Å². The molecule has 1 heterocycles. The first kappa shape index (κ1) is 18.5. The minimum Gasteiger partial charge on any atom is -0.373 e. The molecule has 23 heavy (non-hydrogen) atoms. The van der Waals surface area contributed by atoms with E-state index >= 15 is 0 Å². The summed E-state index contributed by atoms with van der Waals surface area (Å²) in [5, 5.41) is 0. The van der Waals surface area contributed by atoms with Gasteiger partial charge in [-0.2, -0.15) is 0 Å². The van der Waals surface area contributed by atoms with Crippen LogP contribution < -0.4 is 0 Å². The first-order valence-electron chi connectivity index (χ1n) is 10.0. The highest BCUT2D eigenvalue weighted by Gasteiger charge is 2.22. The molecule has 1 aliphatic rings. The van der Waals surface area contributed by atoms with Crippen LogP contribution in [0.25, 0.3) is 0 Å². The number of rotatable bonds is 10. The standard InChI is InChI=1S/C22H36O/c1-3-5-7-8-9-11-20-14-17-22(23-18-20)21-15-12-19(13-16-21)10-6-4-2/h12-13,15-16,20,22H,3-11,14,17-18H2,1-2H3. The molecule has 2 atom stereocenters. The van der Waals surface area contributed by atoms with Gasteiger partial charge >= 0.3 is 0 Å². The van der Waals surface area contributed by atoms with Crippen LogP contribution in [0.1, 0.15) is 95.3 Å². The smallest absolute Gasteiger partial charge is 0.0825 e. The monoisotopic (exact) mass is 316 g/mol. The van der Waals surface area contributed by atoms with Gasteiger partial charge in [0.2, 0.25) is 0 Å². The largest absolute Gasteiger partial charge is 0.373 e. The van der Waals surface area contributed by atoms with E-state index in [2.05, 4.69) is 38.1 Å². The third-order valence-electron chi connectivity index (χ3n) is 5.26. The molecule has 1 aliphatic heterocycles. The number of hydrogen-bond donors (Lipinski definition) is 0. The van der Waals surface area contributed by atoms with Crippen LogP contribution in [0.15, 0.2) is 24.3 Å². The number of aryl methyl sites for hydroxylation is 1. The van der Waals surface area contributed by atoms with Crippen molar-refractivity contribution < 1.29 is 4.74 Å². The molecule has 2 unspecified atom stereocenters. The topological polar surface area (TPSA) is 9.23 Å². The van der Waals surface area contributed by atoms with E-state index in [4.69, 9.17) is 4.74 Å². The molecule has 0 radical (unpaired) electrons. The van der Waals surface area contributed by atoms with Crippen LogP contribution in [0.4, 0.5) is 0 Å². The highest BCUT2D eigenvalue weighted by molar-refractivity contribution is 5.24. The van der Waals surface area contributed by atoms with Crippen LogP contribution in [0.3, 0.4) is 0 Å². The molecule has 0 amide bonds. The Morgan fingerprint density at radius 1 is 0.870 bits per heavy atom. The van der Waals surface area contributed by atoms with Crippen molar-refractivity contribution in [1.29, 1.82) is 0 Å². The Kier molecular flexibility index (Phi) is 8.74. The van der Waals surface area contributed by atoms with Crippen LogP contribution in [-0.4, -0.2) is 6.61 Å². The molecule has 0 spiro atoms. The molecule has 0 aliphatic carbocycles. The zero-order chi connectivity index (χ0) is 16.3. The quantitative estimate of drug-likeness (QED) is 0.428. The highest BCUT2D eigenvalue weighted by atomic mass is 16.5. The summed E-state index contributed by atoms with van der Waals surface area (Å²) in [6.07, 6.45) is 15.0. The van der Waals surface area contributed by atoms with Gasteiger partial charge in [-0.15, -0.1) is 0 Å². The minimum atomic E-state index is 0.339. The summed E-state index contributed by atoms with van der Waals surface area (Å²) in [4.78, 5) is 0. The predicted molar refractivity (Wildman–Crippen MR) is 99.8 cm³/mol. The molecule has 1 aromatic rings. The summed E-state index contributed by atoms with van der Waals surface area (Å²) < 4.78 is 6.18. The maximum absolute atomic E-state index is 6.18. The van der Waals surface area contributed by atoms with Gasteiger partial charge in [0.1, 0.15) is 0 Å². The van der Waals surface area contributed by atoms with E-state index in [0.717, 1.165) is 12.5 Å². The van der Waals surface area contributed by atoms with Gasteiger partial charge in [-0.05, 0) is 49.1 Å². The molecular formula is C22H36O. The van der Waals surface area contributed by atoms with E-state index in [9.17, 15) is 0 Å². The zero-order valence-corrected chi connectivity index (χ0v) is 15.4. The summed E-state index contributed by atoms with van der Waals surface area (Å²) in [5.41, 5.74) is 2.85. The Labute approximate surface area is 143 Å². The Morgan fingerprint density at radius 3 is 2.26 bits per heavy atom. The highest BCUT2D eigenvalue weighted by Crippen LogP contribution is 2.32. The van der Waals surface area contributed by atoms with Crippen molar-refractivity contribution in [3.8, 4) is 0 Å². The lowest BCUT2D eigenvalue weighted by atomic mass is 9.90. The van der Waals surface area contributed by atoms with E-state index < -0.39 is 0 Å². The lowest BCUT2D eigenvalue weighted by Crippen LogP contribution is -2.20. The van der Waals surface area contributed by atoms with Crippen molar-refractivity contribution in [1.82, 2.24) is 0 Å². The van der Waals surface area contributed by atoms with Crippen molar-refractivity contribution in [2.45, 2.75) is 90.6 Å². The molecule has 2 rings (SSSR count). The molecule has 0 N–H and O–H groups in total. The maximum Gasteiger partial charge on any atom is 0.0825 e. The second kappa shape index (κ2) is 10.9. The van der Waals surface area contributed by atoms with Gasteiger partial charge in [-0.3, -0.25) is 0 Å². The molecule has 1 aromatic carbocycles. The number of benzene rings is 1. The van der Waals surface area contributed by atoms with Gasteiger partial charge in [0.15, 0.2) is 0 Å². The SMILES string of the molecule is CCCCCCCC1CCC(c2ccc(CCCC)cc2)OC1. The summed E-state index contributed by atoms with van der Waals surface area (Å²) in [7, 11) is 0. The fraction of sp³-hybridized carbons (Fsp3) is 0.727. The number of hydrogen-bond acceptors (Lipinski definition) is 1. The van der Waals surface area contributed by atoms with E-state index in [1.54, 1.807) is 0 Å². The average Bonchev–Trinajstić information content (AvgIpc) is 2.61. The molecule has 1 nitrogen and oxygen atoms in total. The van der Waals surface area contributed by atoms with E-state index in [0.29, 0.717) is 6.10 Å². The van der Waals surface area contributed by atoms with Gasteiger partial charge in [-0.25, -0.2) is 0 Å². The molecule has 1 saturated heterocycles. The molecular weight excluding hydrogens is 280 g/mol. The lowest BCUT2D eigenvalue weighted by Gasteiger charge is -2.29. The fourth-order valence-electron chi connectivity index (χ4n) is 3.61. The summed E-state index contributed by atoms with van der Waals surface area (Å²) >= 11 is 0. The summed E-state index contributed by atoms with van der Waals surface area (Å²) in [6.45, 7) is 5.51. The summed E-state index contributed by atoms with van der Waals surface area (Å²) in [6, 6.07) is 9.18. The predicted octanol–water partition coefficient (Wildman–Crippen LogP) is 6.86. The van der Waals surface area contributed by atoms with Gasteiger partial charge in [-0.1, -0.05) is 76.6 Å². The van der Waals surface area contributed by atoms with Crippen molar-refractivity contribution in [3.63, 3.8) is 0 Å². The van der Waals surface area contributed by atoms with Gasteiger partial charge in [0.25, 0.3) is 0 Å². The van der Waals surface area contributed by atoms with Gasteiger partial charge in [0, 0.05) is 0 Å². The van der Waals surface area contributed by atoms with Crippen molar-refractivity contribution in [3.05, 3.63) is 35.4 Å². The van der Waals surface area contributed by atoms with Gasteiger partial charge in [0.05, 0.1) is 12.7 Å². The van der Waals surface area contributed by atoms with Crippen molar-refractivity contribution >= 4 is 0 Å². The second-order valence-corrected chi connectivity index (χ2v) is 7.31. The lowest BCUT2D eigenvalue weighted by molar-refractivity contribution is -0.0199. The van der Waals surface area contributed by atoms with E-state index in [1.807, 2.05) is 0 Å². The number of unbranched alkanes of at least 4 members (excludes halogenated alkanes) is 5. The van der Waals surface area contributed by atoms with Crippen molar-refractivity contribution in [2.75, 3.05) is 6.61 Å². The van der Waals surface area contributed by atoms with Crippen molar-refractivity contribution in [2.24, 2.45) is 5.92 Å². The Morgan fingerprint density at radius 2 is 1.61 bits per heavy atom. The summed E-state index contributed by atoms with van der Waals surface area (Å²) in [5.74, 6) is 0.803. The van der Waals surface area contributed by atoms with Crippen LogP contribution in [0.5, 0.6) is 0 Å². The van der Waals surface area contributed by atoms with Crippen LogP contribution >= 0.6 is 0 Å².